The van der Waals surface area contributed by atoms with Crippen LogP contribution < -0.4 is 21.1 Å². The van der Waals surface area contributed by atoms with E-state index in [1.165, 1.54) is 11.1 Å². The lowest BCUT2D eigenvalue weighted by Crippen LogP contribution is -2.45. The van der Waals surface area contributed by atoms with Gasteiger partial charge in [-0.15, -0.1) is 0 Å². The fourth-order valence-electron chi connectivity index (χ4n) is 7.38. The van der Waals surface area contributed by atoms with Gasteiger partial charge >= 0.3 is 0 Å². The highest BCUT2D eigenvalue weighted by Crippen LogP contribution is 2.54. The van der Waals surface area contributed by atoms with Gasteiger partial charge in [-0.25, -0.2) is 4.98 Å². The molecule has 1 spiro atoms. The van der Waals surface area contributed by atoms with Crippen molar-refractivity contribution >= 4 is 22.8 Å². The first kappa shape index (κ1) is 24.1. The van der Waals surface area contributed by atoms with Crippen molar-refractivity contribution in [3.05, 3.63) is 75.3 Å². The van der Waals surface area contributed by atoms with Gasteiger partial charge < -0.3 is 20.3 Å². The Morgan fingerprint density at radius 1 is 1.00 bits per heavy atom. The van der Waals surface area contributed by atoms with Gasteiger partial charge in [0.05, 0.1) is 18.9 Å². The first-order chi connectivity index (χ1) is 19.6. The van der Waals surface area contributed by atoms with Gasteiger partial charge in [0.2, 0.25) is 5.95 Å². The largest absolute Gasteiger partial charge is 0.378 e. The molecular formula is C30H34N8O2. The smallest absolute Gasteiger partial charge is 0.263 e. The van der Waals surface area contributed by atoms with E-state index in [0.717, 1.165) is 75.4 Å². The number of fused-ring (bicyclic) bond motifs is 2. The van der Waals surface area contributed by atoms with E-state index in [-0.39, 0.29) is 22.4 Å². The van der Waals surface area contributed by atoms with E-state index in [9.17, 15) is 4.79 Å². The van der Waals surface area contributed by atoms with Crippen molar-refractivity contribution in [2.45, 2.75) is 43.6 Å². The zero-order valence-corrected chi connectivity index (χ0v) is 22.5. The molecule has 1 atom stereocenters. The van der Waals surface area contributed by atoms with Gasteiger partial charge in [0.1, 0.15) is 11.2 Å². The molecule has 2 aliphatic carbocycles. The summed E-state index contributed by atoms with van der Waals surface area (Å²) in [6.45, 7) is 4.70. The maximum absolute atomic E-state index is 13.6. The lowest BCUT2D eigenvalue weighted by atomic mass is 9.73. The summed E-state index contributed by atoms with van der Waals surface area (Å²) in [5, 5.41) is 8.33. The summed E-state index contributed by atoms with van der Waals surface area (Å²) in [5.74, 6) is 1.55. The van der Waals surface area contributed by atoms with Crippen molar-refractivity contribution in [2.75, 3.05) is 49.2 Å². The van der Waals surface area contributed by atoms with Crippen LogP contribution in [0, 0.1) is 5.41 Å². The molecule has 1 saturated carbocycles. The van der Waals surface area contributed by atoms with Crippen LogP contribution in [0.1, 0.15) is 54.1 Å². The quantitative estimate of drug-likeness (QED) is 0.362. The van der Waals surface area contributed by atoms with E-state index in [0.29, 0.717) is 30.2 Å². The van der Waals surface area contributed by atoms with Gasteiger partial charge in [-0.2, -0.15) is 10.1 Å². The van der Waals surface area contributed by atoms with Crippen molar-refractivity contribution in [1.29, 1.82) is 0 Å². The maximum Gasteiger partial charge on any atom is 0.263 e. The maximum atomic E-state index is 13.6. The first-order valence-corrected chi connectivity index (χ1v) is 14.4. The third-order valence-electron chi connectivity index (χ3n) is 9.92. The summed E-state index contributed by atoms with van der Waals surface area (Å²) in [5.41, 5.74) is 11.6. The van der Waals surface area contributed by atoms with Gasteiger partial charge in [-0.05, 0) is 66.3 Å². The number of hydrogen-bond donors (Lipinski definition) is 3. The first-order valence-electron chi connectivity index (χ1n) is 14.4. The molecule has 10 nitrogen and oxygen atoms in total. The Labute approximate surface area is 232 Å². The number of morpholine rings is 1. The van der Waals surface area contributed by atoms with Crippen LogP contribution in [0.5, 0.6) is 0 Å². The van der Waals surface area contributed by atoms with Crippen molar-refractivity contribution in [2.24, 2.45) is 11.1 Å². The predicted octanol–water partition coefficient (Wildman–Crippen LogP) is 2.80. The third-order valence-corrected chi connectivity index (χ3v) is 9.92. The zero-order valence-electron chi connectivity index (χ0n) is 22.5. The second kappa shape index (κ2) is 8.87. The van der Waals surface area contributed by atoms with E-state index >= 15 is 0 Å². The molecule has 0 unspecified atom stereocenters. The summed E-state index contributed by atoms with van der Waals surface area (Å²) >= 11 is 0. The lowest BCUT2D eigenvalue weighted by Gasteiger charge is -2.42. The average molecular weight is 539 g/mol. The number of anilines is 2. The van der Waals surface area contributed by atoms with Gasteiger partial charge in [-0.3, -0.25) is 14.9 Å². The van der Waals surface area contributed by atoms with Crippen molar-refractivity contribution in [3.8, 4) is 0 Å². The van der Waals surface area contributed by atoms with E-state index in [2.05, 4.69) is 66.4 Å². The SMILES string of the molecule is N[C@@H]1c2ccccc2CC12CCN(c1nc3n[nH]c(C4(c5ccnc(N6CCOCC6)c5)CC4)c3c(=O)[nH]1)CC2. The van der Waals surface area contributed by atoms with E-state index < -0.39 is 0 Å². The molecule has 3 aromatic heterocycles. The second-order valence-electron chi connectivity index (χ2n) is 12.0. The number of nitrogens with one attached hydrogen (secondary N) is 2. The molecule has 10 heteroatoms. The molecular weight excluding hydrogens is 504 g/mol. The minimum Gasteiger partial charge on any atom is -0.378 e. The number of piperidine rings is 1. The summed E-state index contributed by atoms with van der Waals surface area (Å²) in [4.78, 5) is 30.6. The van der Waals surface area contributed by atoms with Gasteiger partial charge in [0.25, 0.3) is 5.56 Å². The van der Waals surface area contributed by atoms with Gasteiger partial charge in [0, 0.05) is 43.8 Å². The van der Waals surface area contributed by atoms with E-state index in [1.807, 2.05) is 6.20 Å². The molecule has 0 radical (unpaired) electrons. The minimum absolute atomic E-state index is 0.0564. The highest BCUT2D eigenvalue weighted by atomic mass is 16.5. The van der Waals surface area contributed by atoms with Crippen LogP contribution >= 0.6 is 0 Å². The van der Waals surface area contributed by atoms with Crippen LogP contribution in [0.2, 0.25) is 0 Å². The Bertz CT molecular complexity index is 1640. The number of nitrogens with zero attached hydrogens (tertiary/aromatic N) is 5. The zero-order chi connectivity index (χ0) is 26.9. The predicted molar refractivity (Wildman–Crippen MR) is 153 cm³/mol. The highest BCUT2D eigenvalue weighted by molar-refractivity contribution is 5.80. The lowest BCUT2D eigenvalue weighted by molar-refractivity contribution is 0.122. The standard InChI is InChI=1S/C30H34N8O2/c31-24-21-4-2-1-3-19(21)18-29(24)8-11-38(12-9-29)28-33-26-23(27(39)34-28)25(35-36-26)30(6-7-30)20-5-10-32-22(17-20)37-13-15-40-16-14-37/h1-5,10,17,24H,6-9,11-16,18,31H2,(H2,33,34,35,36,39)/t24-/m1/s1. The van der Waals surface area contributed by atoms with E-state index in [1.54, 1.807) is 0 Å². The Balaban J connectivity index is 1.06. The van der Waals surface area contributed by atoms with E-state index in [4.69, 9.17) is 15.5 Å². The van der Waals surface area contributed by atoms with Crippen molar-refractivity contribution in [3.63, 3.8) is 0 Å². The molecule has 40 heavy (non-hydrogen) atoms. The fraction of sp³-hybridized carbons (Fsp3) is 0.467. The fourth-order valence-corrected chi connectivity index (χ4v) is 7.38. The van der Waals surface area contributed by atoms with Crippen LogP contribution in [0.3, 0.4) is 0 Å². The normalized spacial score (nSPS) is 23.1. The number of nitrogens with two attached hydrogens (primary N) is 1. The molecule has 5 heterocycles. The molecule has 4 aromatic rings. The number of rotatable bonds is 4. The molecule has 0 amide bonds. The summed E-state index contributed by atoms with van der Waals surface area (Å²) in [7, 11) is 0. The molecule has 206 valence electrons. The Morgan fingerprint density at radius 3 is 2.58 bits per heavy atom. The van der Waals surface area contributed by atoms with Crippen LogP contribution in [0.25, 0.3) is 11.0 Å². The molecule has 4 aliphatic rings. The number of aromatic nitrogens is 5. The molecule has 4 N–H and O–H groups in total. The van der Waals surface area contributed by atoms with Crippen LogP contribution in [-0.2, 0) is 16.6 Å². The van der Waals surface area contributed by atoms with Crippen LogP contribution in [0.4, 0.5) is 11.8 Å². The number of pyridine rings is 1. The molecule has 0 bridgehead atoms. The second-order valence-corrected chi connectivity index (χ2v) is 12.0. The van der Waals surface area contributed by atoms with Crippen molar-refractivity contribution < 1.29 is 4.74 Å². The molecule has 2 saturated heterocycles. The number of aromatic amines is 2. The van der Waals surface area contributed by atoms with Crippen LogP contribution in [-0.4, -0.2) is 64.5 Å². The number of hydrogen-bond acceptors (Lipinski definition) is 8. The molecule has 3 fully saturated rings. The number of H-pyrrole nitrogens is 2. The highest BCUT2D eigenvalue weighted by Gasteiger charge is 2.50. The van der Waals surface area contributed by atoms with Crippen LogP contribution in [0.15, 0.2) is 47.4 Å². The Kier molecular flexibility index (Phi) is 5.34. The molecule has 2 aliphatic heterocycles. The molecule has 1 aromatic carbocycles. The van der Waals surface area contributed by atoms with Crippen molar-refractivity contribution in [1.82, 2.24) is 25.1 Å². The Hall–Kier alpha value is -3.76. The Morgan fingerprint density at radius 2 is 1.80 bits per heavy atom. The summed E-state index contributed by atoms with van der Waals surface area (Å²) in [6.07, 6.45) is 6.73. The minimum atomic E-state index is -0.264. The number of ether oxygens (including phenoxy) is 1. The molecule has 8 rings (SSSR count). The summed E-state index contributed by atoms with van der Waals surface area (Å²) in [6, 6.07) is 12.8. The monoisotopic (exact) mass is 538 g/mol. The third kappa shape index (κ3) is 3.62. The number of benzene rings is 1. The topological polar surface area (TPSA) is 129 Å². The van der Waals surface area contributed by atoms with Gasteiger partial charge in [-0.1, -0.05) is 24.3 Å². The summed E-state index contributed by atoms with van der Waals surface area (Å²) < 4.78 is 5.51. The average Bonchev–Trinajstić information content (AvgIpc) is 3.62. The van der Waals surface area contributed by atoms with Gasteiger partial charge in [0.15, 0.2) is 5.65 Å².